The minimum absolute atomic E-state index is 0.456. The number of hydrogen-bond acceptors (Lipinski definition) is 3. The van der Waals surface area contributed by atoms with Crippen molar-refractivity contribution < 1.29 is 9.68 Å². The summed E-state index contributed by atoms with van der Waals surface area (Å²) in [5.41, 5.74) is 1.79. The zero-order chi connectivity index (χ0) is 12.8. The van der Waals surface area contributed by atoms with E-state index in [4.69, 9.17) is 4.65 Å². The molecule has 0 aliphatic rings. The van der Waals surface area contributed by atoms with Crippen molar-refractivity contribution in [3.05, 3.63) is 60.7 Å². The molecule has 0 heterocycles. The monoisotopic (exact) mass is 241 g/mol. The SMILES string of the molecule is CCOB(O)N(c1ccccc1)c1ccccc1. The molecule has 0 fully saturated rings. The Hall–Kier alpha value is -1.78. The van der Waals surface area contributed by atoms with E-state index < -0.39 is 7.25 Å². The maximum atomic E-state index is 10.1. The third kappa shape index (κ3) is 2.91. The standard InChI is InChI=1S/C14H16BNO2/c1-2-18-15(17)16(13-9-5-3-6-10-13)14-11-7-4-8-12-14/h3-12,17H,2H2,1H3. The second kappa shape index (κ2) is 6.24. The van der Waals surface area contributed by atoms with Crippen molar-refractivity contribution in [2.24, 2.45) is 0 Å². The Morgan fingerprint density at radius 1 is 0.944 bits per heavy atom. The number of rotatable bonds is 5. The molecule has 0 radical (unpaired) electrons. The molecule has 0 aliphatic carbocycles. The fourth-order valence-electron chi connectivity index (χ4n) is 1.80. The lowest BCUT2D eigenvalue weighted by atomic mass is 10.0. The molecule has 3 nitrogen and oxygen atoms in total. The third-order valence-corrected chi connectivity index (χ3v) is 2.61. The molecule has 0 aromatic heterocycles. The van der Waals surface area contributed by atoms with Crippen LogP contribution in [0.1, 0.15) is 6.92 Å². The predicted octanol–water partition coefficient (Wildman–Crippen LogP) is 2.84. The van der Waals surface area contributed by atoms with Crippen molar-refractivity contribution >= 4 is 18.6 Å². The average molecular weight is 241 g/mol. The maximum absolute atomic E-state index is 10.1. The third-order valence-electron chi connectivity index (χ3n) is 2.61. The summed E-state index contributed by atoms with van der Waals surface area (Å²) in [6.07, 6.45) is 0. The highest BCUT2D eigenvalue weighted by Gasteiger charge is 2.25. The second-order valence-corrected chi connectivity index (χ2v) is 3.82. The lowest BCUT2D eigenvalue weighted by Crippen LogP contribution is -2.38. The first-order chi connectivity index (χ1) is 8.83. The molecule has 0 spiro atoms. The van der Waals surface area contributed by atoms with Crippen LogP contribution in [-0.4, -0.2) is 18.9 Å². The molecule has 0 saturated carbocycles. The summed E-state index contributed by atoms with van der Waals surface area (Å²) in [6.45, 7) is 2.31. The van der Waals surface area contributed by atoms with E-state index in [0.717, 1.165) is 11.4 Å². The number of nitrogens with zero attached hydrogens (tertiary/aromatic N) is 1. The van der Waals surface area contributed by atoms with Crippen molar-refractivity contribution in [2.45, 2.75) is 6.92 Å². The normalized spacial score (nSPS) is 10.1. The number of hydrogen-bond donors (Lipinski definition) is 1. The van der Waals surface area contributed by atoms with Gasteiger partial charge in [-0.3, -0.25) is 0 Å². The Morgan fingerprint density at radius 3 is 1.78 bits per heavy atom. The molecule has 18 heavy (non-hydrogen) atoms. The fourth-order valence-corrected chi connectivity index (χ4v) is 1.80. The Balaban J connectivity index is 2.35. The molecular weight excluding hydrogens is 225 g/mol. The molecule has 2 aromatic carbocycles. The van der Waals surface area contributed by atoms with E-state index in [1.807, 2.05) is 67.6 Å². The summed E-state index contributed by atoms with van der Waals surface area (Å²) in [5, 5.41) is 10.1. The van der Waals surface area contributed by atoms with Crippen molar-refractivity contribution in [1.29, 1.82) is 0 Å². The zero-order valence-corrected chi connectivity index (χ0v) is 10.4. The minimum atomic E-state index is -0.986. The van der Waals surface area contributed by atoms with Crippen LogP contribution >= 0.6 is 0 Å². The lowest BCUT2D eigenvalue weighted by molar-refractivity contribution is 0.275. The smallest absolute Gasteiger partial charge is 0.407 e. The van der Waals surface area contributed by atoms with Crippen LogP contribution in [0.2, 0.25) is 0 Å². The zero-order valence-electron chi connectivity index (χ0n) is 10.4. The summed E-state index contributed by atoms with van der Waals surface area (Å²) >= 11 is 0. The van der Waals surface area contributed by atoms with Gasteiger partial charge in [-0.05, 0) is 31.2 Å². The van der Waals surface area contributed by atoms with E-state index in [-0.39, 0.29) is 0 Å². The van der Waals surface area contributed by atoms with E-state index in [9.17, 15) is 5.02 Å². The van der Waals surface area contributed by atoms with Crippen LogP contribution in [-0.2, 0) is 4.65 Å². The lowest BCUT2D eigenvalue weighted by Gasteiger charge is -2.26. The fraction of sp³-hybridized carbons (Fsp3) is 0.143. The molecule has 0 unspecified atom stereocenters. The summed E-state index contributed by atoms with van der Waals surface area (Å²) in [6, 6.07) is 19.4. The molecule has 0 amide bonds. The van der Waals surface area contributed by atoms with E-state index in [2.05, 4.69) is 0 Å². The minimum Gasteiger partial charge on any atom is -0.407 e. The first-order valence-corrected chi connectivity index (χ1v) is 6.02. The number of anilines is 2. The van der Waals surface area contributed by atoms with Crippen LogP contribution in [0, 0.1) is 0 Å². The largest absolute Gasteiger partial charge is 0.595 e. The van der Waals surface area contributed by atoms with Gasteiger partial charge in [0.2, 0.25) is 0 Å². The van der Waals surface area contributed by atoms with E-state index >= 15 is 0 Å². The van der Waals surface area contributed by atoms with Crippen molar-refractivity contribution in [3.63, 3.8) is 0 Å². The maximum Gasteiger partial charge on any atom is 0.595 e. The molecule has 0 aliphatic heterocycles. The summed E-state index contributed by atoms with van der Waals surface area (Å²) in [4.78, 5) is 1.75. The van der Waals surface area contributed by atoms with E-state index in [1.165, 1.54) is 0 Å². The van der Waals surface area contributed by atoms with Gasteiger partial charge in [-0.1, -0.05) is 36.4 Å². The van der Waals surface area contributed by atoms with E-state index in [1.54, 1.807) is 4.81 Å². The quantitative estimate of drug-likeness (QED) is 0.817. The Bertz CT molecular complexity index is 424. The van der Waals surface area contributed by atoms with Crippen LogP contribution in [0.4, 0.5) is 11.4 Å². The molecule has 0 bridgehead atoms. The highest BCUT2D eigenvalue weighted by Crippen LogP contribution is 2.25. The van der Waals surface area contributed by atoms with Crippen molar-refractivity contribution in [1.82, 2.24) is 0 Å². The first-order valence-electron chi connectivity index (χ1n) is 6.02. The van der Waals surface area contributed by atoms with Gasteiger partial charge in [0, 0.05) is 18.0 Å². The summed E-state index contributed by atoms with van der Waals surface area (Å²) < 4.78 is 5.29. The predicted molar refractivity (Wildman–Crippen MR) is 74.6 cm³/mol. The van der Waals surface area contributed by atoms with Gasteiger partial charge in [0.25, 0.3) is 0 Å². The van der Waals surface area contributed by atoms with Crippen LogP contribution in [0.15, 0.2) is 60.7 Å². The molecular formula is C14H16BNO2. The highest BCUT2D eigenvalue weighted by atomic mass is 16.5. The van der Waals surface area contributed by atoms with Gasteiger partial charge in [-0.25, -0.2) is 0 Å². The van der Waals surface area contributed by atoms with Gasteiger partial charge in [-0.2, -0.15) is 0 Å². The molecule has 0 atom stereocenters. The van der Waals surface area contributed by atoms with Gasteiger partial charge >= 0.3 is 7.25 Å². The molecule has 2 rings (SSSR count). The summed E-state index contributed by atoms with van der Waals surface area (Å²) in [7, 11) is -0.986. The van der Waals surface area contributed by atoms with Crippen molar-refractivity contribution in [3.8, 4) is 0 Å². The first kappa shape index (κ1) is 12.7. The van der Waals surface area contributed by atoms with Gasteiger partial charge < -0.3 is 14.5 Å². The van der Waals surface area contributed by atoms with Crippen LogP contribution < -0.4 is 4.81 Å². The second-order valence-electron chi connectivity index (χ2n) is 3.82. The molecule has 2 aromatic rings. The van der Waals surface area contributed by atoms with Crippen molar-refractivity contribution in [2.75, 3.05) is 11.4 Å². The van der Waals surface area contributed by atoms with E-state index in [0.29, 0.717) is 6.61 Å². The highest BCUT2D eigenvalue weighted by molar-refractivity contribution is 6.50. The Kier molecular flexibility index (Phi) is 4.39. The number of para-hydroxylation sites is 2. The molecule has 4 heteroatoms. The molecule has 0 saturated heterocycles. The Morgan fingerprint density at radius 2 is 1.39 bits per heavy atom. The van der Waals surface area contributed by atoms with Gasteiger partial charge in [0.05, 0.1) is 0 Å². The van der Waals surface area contributed by atoms with Gasteiger partial charge in [0.15, 0.2) is 0 Å². The van der Waals surface area contributed by atoms with Crippen LogP contribution in [0.5, 0.6) is 0 Å². The average Bonchev–Trinajstić information content (AvgIpc) is 2.42. The van der Waals surface area contributed by atoms with Crippen LogP contribution in [0.25, 0.3) is 0 Å². The van der Waals surface area contributed by atoms with Crippen LogP contribution in [0.3, 0.4) is 0 Å². The molecule has 92 valence electrons. The topological polar surface area (TPSA) is 32.7 Å². The summed E-state index contributed by atoms with van der Waals surface area (Å²) in [5.74, 6) is 0. The molecule has 1 N–H and O–H groups in total. The number of benzene rings is 2. The van der Waals surface area contributed by atoms with Gasteiger partial charge in [0.1, 0.15) is 0 Å². The Labute approximate surface area is 108 Å². The van der Waals surface area contributed by atoms with Gasteiger partial charge in [-0.15, -0.1) is 0 Å².